The van der Waals surface area contributed by atoms with E-state index in [4.69, 9.17) is 0 Å². The minimum atomic E-state index is -3.57. The van der Waals surface area contributed by atoms with Gasteiger partial charge in [0, 0.05) is 44.1 Å². The van der Waals surface area contributed by atoms with Crippen LogP contribution in [0.25, 0.3) is 0 Å². The lowest BCUT2D eigenvalue weighted by Gasteiger charge is -2.28. The Labute approximate surface area is 189 Å². The number of carbonyl (C=O) groups is 1. The predicted octanol–water partition coefficient (Wildman–Crippen LogP) is 4.06. The smallest absolute Gasteiger partial charge is 0.255 e. The number of sulfonamides is 1. The highest BCUT2D eigenvalue weighted by Gasteiger charge is 2.28. The van der Waals surface area contributed by atoms with Gasteiger partial charge in [0.05, 0.1) is 4.90 Å². The van der Waals surface area contributed by atoms with Crippen molar-refractivity contribution >= 4 is 27.3 Å². The summed E-state index contributed by atoms with van der Waals surface area (Å²) in [5.74, 6) is -0.200. The normalized spacial score (nSPS) is 14.0. The fraction of sp³-hybridized carbons (Fsp3) is 0.240. The molecule has 32 heavy (non-hydrogen) atoms. The Morgan fingerprint density at radius 2 is 1.72 bits per heavy atom. The van der Waals surface area contributed by atoms with Gasteiger partial charge in [-0.15, -0.1) is 0 Å². The summed E-state index contributed by atoms with van der Waals surface area (Å²) < 4.78 is 27.7. The number of benzene rings is 3. The fourth-order valence-electron chi connectivity index (χ4n) is 3.80. The first-order valence-corrected chi connectivity index (χ1v) is 12.0. The van der Waals surface area contributed by atoms with Crippen LogP contribution in [0.2, 0.25) is 0 Å². The van der Waals surface area contributed by atoms with Crippen LogP contribution in [0.15, 0.2) is 71.6 Å². The minimum Gasteiger partial charge on any atom is -0.378 e. The van der Waals surface area contributed by atoms with Crippen LogP contribution in [0.4, 0.5) is 11.4 Å². The maximum atomic E-state index is 13.1. The molecule has 166 valence electrons. The second-order valence-electron chi connectivity index (χ2n) is 8.28. The molecule has 1 heterocycles. The van der Waals surface area contributed by atoms with Crippen molar-refractivity contribution in [1.29, 1.82) is 0 Å². The van der Waals surface area contributed by atoms with Gasteiger partial charge in [-0.3, -0.25) is 4.79 Å². The molecule has 1 amide bonds. The van der Waals surface area contributed by atoms with E-state index in [1.54, 1.807) is 18.2 Å². The molecule has 0 fully saturated rings. The third kappa shape index (κ3) is 4.54. The zero-order chi connectivity index (χ0) is 22.9. The van der Waals surface area contributed by atoms with Crippen molar-refractivity contribution < 1.29 is 13.2 Å². The second-order valence-corrected chi connectivity index (χ2v) is 10.2. The molecule has 3 aromatic carbocycles. The van der Waals surface area contributed by atoms with Gasteiger partial charge in [0.2, 0.25) is 10.0 Å². The standard InChI is InChI=1S/C25H27N3O3S/c1-18-7-11-24(12-8-18)32(30,31)28-14-13-19-9-10-22(15-21(19)17-28)26-25(29)20-5-4-6-23(16-20)27(2)3/h4-12,15-16H,13-14,17H2,1-3H3,(H,26,29). The van der Waals surface area contributed by atoms with E-state index >= 15 is 0 Å². The van der Waals surface area contributed by atoms with Crippen LogP contribution in [0.1, 0.15) is 27.0 Å². The predicted molar refractivity (Wildman–Crippen MR) is 128 cm³/mol. The van der Waals surface area contributed by atoms with E-state index in [1.165, 1.54) is 4.31 Å². The lowest BCUT2D eigenvalue weighted by molar-refractivity contribution is 0.102. The lowest BCUT2D eigenvalue weighted by atomic mass is 10.0. The average molecular weight is 450 g/mol. The first-order valence-electron chi connectivity index (χ1n) is 10.5. The number of nitrogens with one attached hydrogen (secondary N) is 1. The molecule has 0 unspecified atom stereocenters. The van der Waals surface area contributed by atoms with E-state index in [0.29, 0.717) is 29.1 Å². The van der Waals surface area contributed by atoms with Gasteiger partial charge in [0.25, 0.3) is 5.91 Å². The Balaban J connectivity index is 1.53. The highest BCUT2D eigenvalue weighted by molar-refractivity contribution is 7.89. The summed E-state index contributed by atoms with van der Waals surface area (Å²) in [5, 5.41) is 2.94. The highest BCUT2D eigenvalue weighted by atomic mass is 32.2. The van der Waals surface area contributed by atoms with Crippen LogP contribution < -0.4 is 10.2 Å². The number of fused-ring (bicyclic) bond motifs is 1. The number of carbonyl (C=O) groups excluding carboxylic acids is 1. The Morgan fingerprint density at radius 1 is 0.969 bits per heavy atom. The van der Waals surface area contributed by atoms with Gasteiger partial charge in [-0.25, -0.2) is 8.42 Å². The Bertz CT molecular complexity index is 1250. The van der Waals surface area contributed by atoms with Crippen molar-refractivity contribution in [3.8, 4) is 0 Å². The average Bonchev–Trinajstić information content (AvgIpc) is 2.79. The molecular formula is C25H27N3O3S. The van der Waals surface area contributed by atoms with E-state index < -0.39 is 10.0 Å². The molecule has 0 radical (unpaired) electrons. The zero-order valence-electron chi connectivity index (χ0n) is 18.5. The largest absolute Gasteiger partial charge is 0.378 e. The lowest BCUT2D eigenvalue weighted by Crippen LogP contribution is -2.36. The molecule has 0 aromatic heterocycles. The molecule has 0 bridgehead atoms. The quantitative estimate of drug-likeness (QED) is 0.638. The highest BCUT2D eigenvalue weighted by Crippen LogP contribution is 2.27. The molecule has 0 saturated heterocycles. The summed E-state index contributed by atoms with van der Waals surface area (Å²) in [7, 11) is 0.283. The zero-order valence-corrected chi connectivity index (χ0v) is 19.3. The van der Waals surface area contributed by atoms with E-state index in [9.17, 15) is 13.2 Å². The number of hydrogen-bond acceptors (Lipinski definition) is 4. The number of nitrogens with zero attached hydrogens (tertiary/aromatic N) is 2. The third-order valence-electron chi connectivity index (χ3n) is 5.72. The summed E-state index contributed by atoms with van der Waals surface area (Å²) in [5.41, 5.74) is 5.19. The summed E-state index contributed by atoms with van der Waals surface area (Å²) in [6.45, 7) is 2.65. The molecule has 0 saturated carbocycles. The SMILES string of the molecule is Cc1ccc(S(=O)(=O)N2CCc3ccc(NC(=O)c4cccc(N(C)C)c4)cc3C2)cc1. The van der Waals surface area contributed by atoms with Gasteiger partial charge < -0.3 is 10.2 Å². The van der Waals surface area contributed by atoms with Gasteiger partial charge in [-0.2, -0.15) is 4.31 Å². The first-order chi connectivity index (χ1) is 15.2. The van der Waals surface area contributed by atoms with Gasteiger partial charge >= 0.3 is 0 Å². The maximum Gasteiger partial charge on any atom is 0.255 e. The van der Waals surface area contributed by atoms with Gasteiger partial charge in [0.15, 0.2) is 0 Å². The minimum absolute atomic E-state index is 0.200. The van der Waals surface area contributed by atoms with Crippen molar-refractivity contribution in [3.63, 3.8) is 0 Å². The Kier molecular flexibility index (Phi) is 6.04. The van der Waals surface area contributed by atoms with E-state index in [1.807, 2.05) is 74.4 Å². The van der Waals surface area contributed by atoms with Gasteiger partial charge in [-0.05, 0) is 66.9 Å². The monoisotopic (exact) mass is 449 g/mol. The molecule has 0 spiro atoms. The third-order valence-corrected chi connectivity index (χ3v) is 7.58. The number of aryl methyl sites for hydroxylation is 1. The summed E-state index contributed by atoms with van der Waals surface area (Å²) in [6, 6.07) is 20.0. The Hall–Kier alpha value is -3.16. The number of anilines is 2. The van der Waals surface area contributed by atoms with Gasteiger partial charge in [0.1, 0.15) is 0 Å². The molecule has 1 N–H and O–H groups in total. The molecule has 3 aromatic rings. The molecule has 6 nitrogen and oxygen atoms in total. The van der Waals surface area contributed by atoms with Crippen LogP contribution in [0, 0.1) is 6.92 Å². The molecule has 4 rings (SSSR count). The Morgan fingerprint density at radius 3 is 2.44 bits per heavy atom. The summed E-state index contributed by atoms with van der Waals surface area (Å²) in [6.07, 6.45) is 0.638. The molecular weight excluding hydrogens is 422 g/mol. The molecule has 0 atom stereocenters. The van der Waals surface area contributed by atoms with Crippen LogP contribution in [-0.4, -0.2) is 39.3 Å². The van der Waals surface area contributed by atoms with Crippen LogP contribution in [0.5, 0.6) is 0 Å². The van der Waals surface area contributed by atoms with Gasteiger partial charge in [-0.1, -0.05) is 29.8 Å². The second kappa shape index (κ2) is 8.76. The number of amides is 1. The summed E-state index contributed by atoms with van der Waals surface area (Å²) in [4.78, 5) is 15.0. The number of rotatable bonds is 5. The van der Waals surface area contributed by atoms with Crippen LogP contribution >= 0.6 is 0 Å². The van der Waals surface area contributed by atoms with Crippen molar-refractivity contribution in [2.45, 2.75) is 24.8 Å². The number of hydrogen-bond donors (Lipinski definition) is 1. The fourth-order valence-corrected chi connectivity index (χ4v) is 5.22. The van der Waals surface area contributed by atoms with Crippen molar-refractivity contribution in [2.24, 2.45) is 0 Å². The summed E-state index contributed by atoms with van der Waals surface area (Å²) >= 11 is 0. The van der Waals surface area contributed by atoms with Crippen molar-refractivity contribution in [1.82, 2.24) is 4.31 Å². The van der Waals surface area contributed by atoms with E-state index in [2.05, 4.69) is 5.32 Å². The van der Waals surface area contributed by atoms with Crippen molar-refractivity contribution in [3.05, 3.63) is 89.0 Å². The van der Waals surface area contributed by atoms with Crippen LogP contribution in [0.3, 0.4) is 0 Å². The molecule has 1 aliphatic rings. The van der Waals surface area contributed by atoms with Crippen LogP contribution in [-0.2, 0) is 23.0 Å². The maximum absolute atomic E-state index is 13.1. The van der Waals surface area contributed by atoms with Crippen molar-refractivity contribution in [2.75, 3.05) is 30.9 Å². The topological polar surface area (TPSA) is 69.7 Å². The van der Waals surface area contributed by atoms with E-state index in [0.717, 1.165) is 22.4 Å². The first kappa shape index (κ1) is 22.0. The molecule has 0 aliphatic carbocycles. The molecule has 1 aliphatic heterocycles. The van der Waals surface area contributed by atoms with E-state index in [-0.39, 0.29) is 12.5 Å². The molecule has 7 heteroatoms.